The SMILES string of the molecule is CC(C)(C#N)CCCCS(=O)(=O)c1ccc(N)cc1. The van der Waals surface area contributed by atoms with Gasteiger partial charge < -0.3 is 5.73 Å². The second-order valence-corrected chi connectivity index (χ2v) is 7.45. The summed E-state index contributed by atoms with van der Waals surface area (Å²) in [6.45, 7) is 3.73. The Balaban J connectivity index is 2.53. The first kappa shape index (κ1) is 15.5. The molecule has 1 rings (SSSR count). The number of nitriles is 1. The van der Waals surface area contributed by atoms with Crippen molar-refractivity contribution in [1.29, 1.82) is 5.26 Å². The molecule has 0 fully saturated rings. The minimum absolute atomic E-state index is 0.110. The number of nitrogen functional groups attached to an aromatic ring is 1. The van der Waals surface area contributed by atoms with E-state index in [2.05, 4.69) is 6.07 Å². The molecule has 0 saturated heterocycles. The minimum atomic E-state index is -3.24. The van der Waals surface area contributed by atoms with E-state index in [1.165, 1.54) is 12.1 Å². The van der Waals surface area contributed by atoms with E-state index in [4.69, 9.17) is 11.0 Å². The third-order valence-electron chi connectivity index (χ3n) is 3.01. The van der Waals surface area contributed by atoms with E-state index in [0.29, 0.717) is 23.4 Å². The standard InChI is InChI=1S/C14H20N2O2S/c1-14(2,11-15)9-3-4-10-19(17,18)13-7-5-12(16)6-8-13/h5-8H,3-4,9-10,16H2,1-2H3. The number of rotatable bonds is 6. The molecule has 0 aliphatic carbocycles. The second-order valence-electron chi connectivity index (χ2n) is 5.34. The average molecular weight is 280 g/mol. The Kier molecular flexibility index (Phi) is 4.96. The molecule has 104 valence electrons. The van der Waals surface area contributed by atoms with Crippen molar-refractivity contribution in [2.75, 3.05) is 11.5 Å². The van der Waals surface area contributed by atoms with Crippen molar-refractivity contribution in [2.45, 2.75) is 38.0 Å². The van der Waals surface area contributed by atoms with E-state index in [0.717, 1.165) is 6.42 Å². The normalized spacial score (nSPS) is 12.1. The van der Waals surface area contributed by atoms with Crippen LogP contribution in [0.15, 0.2) is 29.2 Å². The summed E-state index contributed by atoms with van der Waals surface area (Å²) in [6, 6.07) is 8.45. The van der Waals surface area contributed by atoms with Gasteiger partial charge in [-0.1, -0.05) is 6.42 Å². The molecule has 19 heavy (non-hydrogen) atoms. The summed E-state index contributed by atoms with van der Waals surface area (Å²) in [5, 5.41) is 8.88. The Morgan fingerprint density at radius 2 is 1.79 bits per heavy atom. The maximum atomic E-state index is 12.0. The molecule has 1 aromatic carbocycles. The van der Waals surface area contributed by atoms with E-state index in [1.807, 2.05) is 13.8 Å². The number of nitrogens with two attached hydrogens (primary N) is 1. The van der Waals surface area contributed by atoms with Gasteiger partial charge in [-0.3, -0.25) is 0 Å². The largest absolute Gasteiger partial charge is 0.399 e. The molecule has 0 heterocycles. The highest BCUT2D eigenvalue weighted by atomic mass is 32.2. The van der Waals surface area contributed by atoms with Crippen LogP contribution in [0.1, 0.15) is 33.1 Å². The van der Waals surface area contributed by atoms with Crippen LogP contribution in [0.3, 0.4) is 0 Å². The van der Waals surface area contributed by atoms with Crippen molar-refractivity contribution in [2.24, 2.45) is 5.41 Å². The minimum Gasteiger partial charge on any atom is -0.399 e. The molecular weight excluding hydrogens is 260 g/mol. The summed E-state index contributed by atoms with van der Waals surface area (Å²) >= 11 is 0. The summed E-state index contributed by atoms with van der Waals surface area (Å²) in [5.74, 6) is 0.110. The van der Waals surface area contributed by atoms with Gasteiger partial charge in [0, 0.05) is 5.69 Å². The highest BCUT2D eigenvalue weighted by Crippen LogP contribution is 2.22. The molecular formula is C14H20N2O2S. The molecule has 0 aromatic heterocycles. The van der Waals surface area contributed by atoms with Crippen molar-refractivity contribution >= 4 is 15.5 Å². The third-order valence-corrected chi connectivity index (χ3v) is 4.82. The number of sulfone groups is 1. The predicted octanol–water partition coefficient (Wildman–Crippen LogP) is 2.76. The van der Waals surface area contributed by atoms with Gasteiger partial charge >= 0.3 is 0 Å². The summed E-state index contributed by atoms with van der Waals surface area (Å²) in [6.07, 6.45) is 2.01. The number of benzene rings is 1. The van der Waals surface area contributed by atoms with Gasteiger partial charge in [0.05, 0.1) is 22.1 Å². The van der Waals surface area contributed by atoms with Crippen LogP contribution >= 0.6 is 0 Å². The van der Waals surface area contributed by atoms with E-state index < -0.39 is 9.84 Å². The molecule has 5 heteroatoms. The van der Waals surface area contributed by atoms with Gasteiger partial charge in [0.15, 0.2) is 9.84 Å². The van der Waals surface area contributed by atoms with Crippen LogP contribution in [0.25, 0.3) is 0 Å². The fourth-order valence-electron chi connectivity index (χ4n) is 1.71. The van der Waals surface area contributed by atoms with Gasteiger partial charge in [-0.15, -0.1) is 0 Å². The van der Waals surface area contributed by atoms with Crippen LogP contribution in [0.2, 0.25) is 0 Å². The van der Waals surface area contributed by atoms with E-state index in [9.17, 15) is 8.42 Å². The van der Waals surface area contributed by atoms with Crippen LogP contribution in [-0.2, 0) is 9.84 Å². The van der Waals surface area contributed by atoms with Crippen LogP contribution in [-0.4, -0.2) is 14.2 Å². The number of anilines is 1. The monoisotopic (exact) mass is 280 g/mol. The quantitative estimate of drug-likeness (QED) is 0.641. The Morgan fingerprint density at radius 3 is 2.32 bits per heavy atom. The molecule has 0 amide bonds. The molecule has 0 aliphatic heterocycles. The Hall–Kier alpha value is -1.54. The number of hydrogen-bond acceptors (Lipinski definition) is 4. The fourth-order valence-corrected chi connectivity index (χ4v) is 3.08. The fraction of sp³-hybridized carbons (Fsp3) is 0.500. The lowest BCUT2D eigenvalue weighted by molar-refractivity contribution is 0.431. The zero-order valence-corrected chi connectivity index (χ0v) is 12.2. The van der Waals surface area contributed by atoms with Gasteiger partial charge in [0.25, 0.3) is 0 Å². The van der Waals surface area contributed by atoms with Crippen LogP contribution in [0, 0.1) is 16.7 Å². The number of unbranched alkanes of at least 4 members (excludes halogenated alkanes) is 1. The lowest BCUT2D eigenvalue weighted by Crippen LogP contribution is -2.10. The topological polar surface area (TPSA) is 84.0 Å². The highest BCUT2D eigenvalue weighted by Gasteiger charge is 2.18. The Bertz CT molecular complexity index is 554. The third kappa shape index (κ3) is 4.92. The second kappa shape index (κ2) is 6.07. The molecule has 0 unspecified atom stereocenters. The van der Waals surface area contributed by atoms with Crippen LogP contribution in [0.4, 0.5) is 5.69 Å². The van der Waals surface area contributed by atoms with E-state index in [-0.39, 0.29) is 11.2 Å². The van der Waals surface area contributed by atoms with Gasteiger partial charge in [0.2, 0.25) is 0 Å². The first-order chi connectivity index (χ1) is 8.77. The lowest BCUT2D eigenvalue weighted by atomic mass is 9.89. The van der Waals surface area contributed by atoms with Crippen molar-refractivity contribution in [1.82, 2.24) is 0 Å². The Morgan fingerprint density at radius 1 is 1.21 bits per heavy atom. The molecule has 0 aliphatic rings. The molecule has 2 N–H and O–H groups in total. The summed E-state index contributed by atoms with van der Waals surface area (Å²) < 4.78 is 24.1. The number of nitrogens with zero attached hydrogens (tertiary/aromatic N) is 1. The molecule has 0 atom stereocenters. The van der Waals surface area contributed by atoms with E-state index >= 15 is 0 Å². The predicted molar refractivity (Wildman–Crippen MR) is 76.2 cm³/mol. The molecule has 0 bridgehead atoms. The molecule has 0 radical (unpaired) electrons. The van der Waals surface area contributed by atoms with Gasteiger partial charge in [-0.2, -0.15) is 5.26 Å². The van der Waals surface area contributed by atoms with Crippen molar-refractivity contribution < 1.29 is 8.42 Å². The zero-order valence-electron chi connectivity index (χ0n) is 11.4. The smallest absolute Gasteiger partial charge is 0.178 e. The summed E-state index contributed by atoms with van der Waals surface area (Å²) in [7, 11) is -3.24. The van der Waals surface area contributed by atoms with Crippen LogP contribution in [0.5, 0.6) is 0 Å². The maximum Gasteiger partial charge on any atom is 0.178 e. The molecule has 0 saturated carbocycles. The highest BCUT2D eigenvalue weighted by molar-refractivity contribution is 7.91. The van der Waals surface area contributed by atoms with Gasteiger partial charge in [-0.25, -0.2) is 8.42 Å². The average Bonchev–Trinajstić information content (AvgIpc) is 2.35. The van der Waals surface area contributed by atoms with E-state index in [1.54, 1.807) is 12.1 Å². The lowest BCUT2D eigenvalue weighted by Gasteiger charge is -2.14. The first-order valence-electron chi connectivity index (χ1n) is 6.26. The number of hydrogen-bond donors (Lipinski definition) is 1. The molecule has 4 nitrogen and oxygen atoms in total. The first-order valence-corrected chi connectivity index (χ1v) is 7.92. The van der Waals surface area contributed by atoms with Crippen molar-refractivity contribution in [3.05, 3.63) is 24.3 Å². The van der Waals surface area contributed by atoms with Gasteiger partial charge in [0.1, 0.15) is 0 Å². The summed E-state index contributed by atoms with van der Waals surface area (Å²) in [4.78, 5) is 0.307. The molecule has 0 spiro atoms. The van der Waals surface area contributed by atoms with Crippen molar-refractivity contribution in [3.63, 3.8) is 0 Å². The Labute approximate surface area is 115 Å². The molecule has 1 aromatic rings. The summed E-state index contributed by atoms with van der Waals surface area (Å²) in [5.41, 5.74) is 5.70. The van der Waals surface area contributed by atoms with Crippen molar-refractivity contribution in [3.8, 4) is 6.07 Å². The zero-order chi connectivity index (χ0) is 14.5. The maximum absolute atomic E-state index is 12.0. The van der Waals surface area contributed by atoms with Gasteiger partial charge in [-0.05, 0) is 51.0 Å². The van der Waals surface area contributed by atoms with Crippen LogP contribution < -0.4 is 5.73 Å².